The molecule has 0 saturated carbocycles. The first-order chi connectivity index (χ1) is 17.1. The number of carbonyl (C=O) groups excluding carboxylic acids is 1. The van der Waals surface area contributed by atoms with E-state index in [9.17, 15) is 4.79 Å². The molecule has 0 heterocycles. The van der Waals surface area contributed by atoms with Gasteiger partial charge in [0.25, 0.3) is 0 Å². The van der Waals surface area contributed by atoms with Gasteiger partial charge in [-0.3, -0.25) is 4.79 Å². The predicted octanol–water partition coefficient (Wildman–Crippen LogP) is 9.62. The highest BCUT2D eigenvalue weighted by atomic mass is 79.9. The average molecular weight is 564 g/mol. The van der Waals surface area contributed by atoms with Gasteiger partial charge in [-0.05, 0) is 37.5 Å². The first kappa shape index (κ1) is 34.9. The van der Waals surface area contributed by atoms with E-state index in [-0.39, 0.29) is 12.3 Å². The number of unbranched alkanes of at least 4 members (excludes halogenated alkanes) is 5. The zero-order chi connectivity index (χ0) is 26.0. The van der Waals surface area contributed by atoms with Crippen LogP contribution in [-0.4, -0.2) is 37.4 Å². The van der Waals surface area contributed by atoms with Crippen LogP contribution in [0, 0.1) is 11.8 Å². The molecule has 0 aliphatic heterocycles. The van der Waals surface area contributed by atoms with Crippen LogP contribution in [-0.2, 0) is 19.0 Å². The Bertz CT molecular complexity index is 404. The molecule has 0 aliphatic carbocycles. The second kappa shape index (κ2) is 26.9. The van der Waals surface area contributed by atoms with Gasteiger partial charge in [-0.1, -0.05) is 121 Å². The van der Waals surface area contributed by atoms with E-state index in [1.807, 2.05) is 0 Å². The third kappa shape index (κ3) is 22.8. The highest BCUT2D eigenvalue weighted by Crippen LogP contribution is 2.22. The van der Waals surface area contributed by atoms with Crippen LogP contribution in [0.4, 0.5) is 0 Å². The second-order valence-electron chi connectivity index (χ2n) is 10.2. The minimum Gasteiger partial charge on any atom is -0.465 e. The Morgan fingerprint density at radius 3 is 1.46 bits per heavy atom. The second-order valence-corrected chi connectivity index (χ2v) is 11.0. The largest absolute Gasteiger partial charge is 0.465 e. The maximum Gasteiger partial charge on any atom is 0.305 e. The summed E-state index contributed by atoms with van der Waals surface area (Å²) >= 11 is 3.41. The van der Waals surface area contributed by atoms with Crippen molar-refractivity contribution < 1.29 is 19.0 Å². The molecule has 4 nitrogen and oxygen atoms in total. The predicted molar refractivity (Wildman–Crippen MR) is 153 cm³/mol. The zero-order valence-corrected chi connectivity index (χ0v) is 25.4. The van der Waals surface area contributed by atoms with Crippen molar-refractivity contribution in [1.29, 1.82) is 0 Å². The van der Waals surface area contributed by atoms with Gasteiger partial charge in [0.05, 0.1) is 6.61 Å². The Labute approximate surface area is 227 Å². The van der Waals surface area contributed by atoms with Crippen LogP contribution in [0.2, 0.25) is 0 Å². The quantitative estimate of drug-likeness (QED) is 0.0432. The van der Waals surface area contributed by atoms with E-state index in [1.165, 1.54) is 77.0 Å². The monoisotopic (exact) mass is 562 g/mol. The van der Waals surface area contributed by atoms with E-state index >= 15 is 0 Å². The van der Waals surface area contributed by atoms with Crippen molar-refractivity contribution in [3.63, 3.8) is 0 Å². The molecule has 5 heteroatoms. The lowest BCUT2D eigenvalue weighted by Crippen LogP contribution is -2.23. The van der Waals surface area contributed by atoms with Crippen LogP contribution < -0.4 is 0 Å². The standard InChI is InChI=1S/C30H59BrO4/c1-5-9-15-27(16-10-6-2)20-24-34-30(22-26-33-29(32)19-13-14-23-31)35-25-21-28(17-11-7-3)18-12-8-4/h27-28,30H,5-26H2,1-4H3. The summed E-state index contributed by atoms with van der Waals surface area (Å²) in [5.41, 5.74) is 0. The molecule has 0 radical (unpaired) electrons. The van der Waals surface area contributed by atoms with Gasteiger partial charge in [0.2, 0.25) is 0 Å². The van der Waals surface area contributed by atoms with Crippen LogP contribution in [0.15, 0.2) is 0 Å². The average Bonchev–Trinajstić information content (AvgIpc) is 2.86. The maximum absolute atomic E-state index is 12.0. The number of hydrogen-bond acceptors (Lipinski definition) is 4. The number of ether oxygens (including phenoxy) is 3. The van der Waals surface area contributed by atoms with Gasteiger partial charge in [-0.25, -0.2) is 0 Å². The van der Waals surface area contributed by atoms with Gasteiger partial charge < -0.3 is 14.2 Å². The van der Waals surface area contributed by atoms with Gasteiger partial charge in [0, 0.05) is 31.4 Å². The smallest absolute Gasteiger partial charge is 0.305 e. The summed E-state index contributed by atoms with van der Waals surface area (Å²) in [6.45, 7) is 10.9. The number of hydrogen-bond donors (Lipinski definition) is 0. The first-order valence-corrected chi connectivity index (χ1v) is 16.2. The number of halogens is 1. The van der Waals surface area contributed by atoms with Crippen LogP contribution in [0.1, 0.15) is 143 Å². The third-order valence-electron chi connectivity index (χ3n) is 6.90. The van der Waals surface area contributed by atoms with Gasteiger partial charge in [-0.2, -0.15) is 0 Å². The molecule has 0 atom stereocenters. The molecule has 0 unspecified atom stereocenters. The number of rotatable bonds is 27. The Hall–Kier alpha value is -0.130. The van der Waals surface area contributed by atoms with Crippen LogP contribution in [0.25, 0.3) is 0 Å². The van der Waals surface area contributed by atoms with Crippen molar-refractivity contribution in [1.82, 2.24) is 0 Å². The molecule has 0 aromatic rings. The lowest BCUT2D eigenvalue weighted by atomic mass is 9.93. The highest BCUT2D eigenvalue weighted by Gasteiger charge is 2.16. The number of carbonyl (C=O) groups is 1. The maximum atomic E-state index is 12.0. The molecule has 35 heavy (non-hydrogen) atoms. The van der Waals surface area contributed by atoms with Crippen molar-refractivity contribution in [2.75, 3.05) is 25.2 Å². The van der Waals surface area contributed by atoms with Gasteiger partial charge >= 0.3 is 5.97 Å². The summed E-state index contributed by atoms with van der Waals surface area (Å²) in [4.78, 5) is 12.0. The van der Waals surface area contributed by atoms with Crippen LogP contribution >= 0.6 is 15.9 Å². The topological polar surface area (TPSA) is 44.8 Å². The van der Waals surface area contributed by atoms with Crippen molar-refractivity contribution in [3.05, 3.63) is 0 Å². The Balaban J connectivity index is 4.65. The van der Waals surface area contributed by atoms with E-state index in [1.54, 1.807) is 0 Å². The fourth-order valence-corrected chi connectivity index (χ4v) is 4.89. The highest BCUT2D eigenvalue weighted by molar-refractivity contribution is 9.09. The molecule has 0 spiro atoms. The van der Waals surface area contributed by atoms with Gasteiger partial charge in [-0.15, -0.1) is 0 Å². The van der Waals surface area contributed by atoms with E-state index in [2.05, 4.69) is 43.6 Å². The molecule has 0 fully saturated rings. The lowest BCUT2D eigenvalue weighted by Gasteiger charge is -2.23. The molecule has 0 aromatic heterocycles. The molecule has 210 valence electrons. The summed E-state index contributed by atoms with van der Waals surface area (Å²) in [7, 11) is 0. The molecular weight excluding hydrogens is 504 g/mol. The normalized spacial score (nSPS) is 11.8. The minimum absolute atomic E-state index is 0.108. The van der Waals surface area contributed by atoms with Crippen molar-refractivity contribution >= 4 is 21.9 Å². The summed E-state index contributed by atoms with van der Waals surface area (Å²) in [6, 6.07) is 0. The van der Waals surface area contributed by atoms with Crippen LogP contribution in [0.5, 0.6) is 0 Å². The van der Waals surface area contributed by atoms with E-state index < -0.39 is 0 Å². The molecule has 0 amide bonds. The molecule has 0 rings (SSSR count). The summed E-state index contributed by atoms with van der Waals surface area (Å²) < 4.78 is 17.9. The fraction of sp³-hybridized carbons (Fsp3) is 0.967. The SMILES string of the molecule is CCCCC(CCCC)CCOC(CCOC(=O)CCCCBr)OCCC(CCCC)CCCC. The van der Waals surface area contributed by atoms with Crippen LogP contribution in [0.3, 0.4) is 0 Å². The third-order valence-corrected chi connectivity index (χ3v) is 7.47. The van der Waals surface area contributed by atoms with E-state index in [0.717, 1.165) is 56.1 Å². The molecule has 0 N–H and O–H groups in total. The molecule has 0 bridgehead atoms. The first-order valence-electron chi connectivity index (χ1n) is 15.1. The minimum atomic E-state index is -0.277. The summed E-state index contributed by atoms with van der Waals surface area (Å²) in [5.74, 6) is 1.38. The molecular formula is C30H59BrO4. The van der Waals surface area contributed by atoms with Crippen molar-refractivity contribution in [2.45, 2.75) is 150 Å². The number of esters is 1. The number of alkyl halides is 1. The van der Waals surface area contributed by atoms with Crippen molar-refractivity contribution in [3.8, 4) is 0 Å². The Morgan fingerprint density at radius 2 is 1.06 bits per heavy atom. The van der Waals surface area contributed by atoms with E-state index in [4.69, 9.17) is 14.2 Å². The van der Waals surface area contributed by atoms with E-state index in [0.29, 0.717) is 19.4 Å². The zero-order valence-electron chi connectivity index (χ0n) is 23.8. The fourth-order valence-electron chi connectivity index (χ4n) is 4.49. The lowest BCUT2D eigenvalue weighted by molar-refractivity contribution is -0.163. The molecule has 0 aromatic carbocycles. The summed E-state index contributed by atoms with van der Waals surface area (Å²) in [6.07, 6.45) is 20.3. The van der Waals surface area contributed by atoms with Gasteiger partial charge in [0.15, 0.2) is 6.29 Å². The Morgan fingerprint density at radius 1 is 0.600 bits per heavy atom. The Kier molecular flexibility index (Phi) is 26.8. The summed E-state index contributed by atoms with van der Waals surface area (Å²) in [5, 5.41) is 0.930. The molecule has 0 aliphatic rings. The van der Waals surface area contributed by atoms with Crippen molar-refractivity contribution in [2.24, 2.45) is 11.8 Å². The molecule has 0 saturated heterocycles. The van der Waals surface area contributed by atoms with Gasteiger partial charge in [0.1, 0.15) is 0 Å².